The standard InChI is InChI=1S/C23H14F10N2O2/c1-2-3-11-9-34-21(35-10-11)12-4-14(24)19(15(25)5-12)23(32,33)36-13-6-16(26)20(17(27)7-13)37-22(30,31)8-18(28)29/h4-10H,2-3H2,1H3. The van der Waals surface area contributed by atoms with Gasteiger partial charge < -0.3 is 9.47 Å². The third kappa shape index (κ3) is 6.68. The zero-order chi connectivity index (χ0) is 27.5. The van der Waals surface area contributed by atoms with Crippen LogP contribution in [0.25, 0.3) is 11.4 Å². The van der Waals surface area contributed by atoms with Gasteiger partial charge in [0, 0.05) is 30.1 Å². The molecule has 0 spiro atoms. The molecule has 37 heavy (non-hydrogen) atoms. The maximum Gasteiger partial charge on any atom is 0.432 e. The van der Waals surface area contributed by atoms with Crippen LogP contribution in [0.4, 0.5) is 43.9 Å². The molecular formula is C23H14F10N2O2. The highest BCUT2D eigenvalue weighted by atomic mass is 19.3. The average Bonchev–Trinajstić information content (AvgIpc) is 2.75. The Morgan fingerprint density at radius 3 is 1.86 bits per heavy atom. The Hall–Kier alpha value is -3.84. The zero-order valence-corrected chi connectivity index (χ0v) is 18.4. The van der Waals surface area contributed by atoms with Crippen LogP contribution in [-0.2, 0) is 12.5 Å². The summed E-state index contributed by atoms with van der Waals surface area (Å²) in [5, 5.41) is 0. The van der Waals surface area contributed by atoms with Crippen LogP contribution in [0.15, 0.2) is 48.8 Å². The van der Waals surface area contributed by atoms with Crippen molar-refractivity contribution >= 4 is 0 Å². The molecule has 0 unspecified atom stereocenters. The molecule has 1 heterocycles. The van der Waals surface area contributed by atoms with Gasteiger partial charge in [-0.15, -0.1) is 0 Å². The lowest BCUT2D eigenvalue weighted by Crippen LogP contribution is -2.26. The van der Waals surface area contributed by atoms with Crippen molar-refractivity contribution in [3.8, 4) is 22.9 Å². The van der Waals surface area contributed by atoms with E-state index in [2.05, 4.69) is 19.4 Å². The first-order valence-corrected chi connectivity index (χ1v) is 10.2. The molecule has 0 saturated carbocycles. The first-order valence-electron chi connectivity index (χ1n) is 10.2. The highest BCUT2D eigenvalue weighted by Crippen LogP contribution is 2.39. The minimum atomic E-state index is -4.86. The van der Waals surface area contributed by atoms with Gasteiger partial charge in [-0.25, -0.2) is 27.5 Å². The van der Waals surface area contributed by atoms with Crippen LogP contribution < -0.4 is 9.47 Å². The second-order valence-corrected chi connectivity index (χ2v) is 7.41. The fraction of sp³-hybridized carbons (Fsp3) is 0.217. The normalized spacial score (nSPS) is 11.9. The average molecular weight is 540 g/mol. The molecule has 0 atom stereocenters. The SMILES string of the molecule is CCCc1cnc(-c2cc(F)c(C(F)(F)Oc3cc(F)c(OC(F)(F)C=C(F)F)c(F)c3)c(F)c2)nc1. The number of rotatable bonds is 9. The van der Waals surface area contributed by atoms with Gasteiger partial charge in [0.25, 0.3) is 6.08 Å². The van der Waals surface area contributed by atoms with E-state index < -0.39 is 64.7 Å². The summed E-state index contributed by atoms with van der Waals surface area (Å²) in [6, 6.07) is 0.825. The van der Waals surface area contributed by atoms with E-state index in [1.807, 2.05) is 6.92 Å². The number of hydrogen-bond acceptors (Lipinski definition) is 4. The monoisotopic (exact) mass is 540 g/mol. The lowest BCUT2D eigenvalue weighted by Gasteiger charge is -2.21. The number of aromatic nitrogens is 2. The van der Waals surface area contributed by atoms with Gasteiger partial charge in [-0.05, 0) is 24.1 Å². The van der Waals surface area contributed by atoms with Crippen LogP contribution in [0.1, 0.15) is 24.5 Å². The van der Waals surface area contributed by atoms with Crippen LogP contribution in [-0.4, -0.2) is 16.1 Å². The summed E-state index contributed by atoms with van der Waals surface area (Å²) >= 11 is 0. The lowest BCUT2D eigenvalue weighted by atomic mass is 10.1. The van der Waals surface area contributed by atoms with E-state index in [0.717, 1.165) is 12.0 Å². The summed E-state index contributed by atoms with van der Waals surface area (Å²) in [6.07, 6.45) is -9.50. The molecule has 0 radical (unpaired) electrons. The third-order valence-electron chi connectivity index (χ3n) is 4.57. The number of alkyl halides is 4. The molecule has 2 aromatic carbocycles. The molecule has 0 aliphatic rings. The van der Waals surface area contributed by atoms with E-state index in [1.165, 1.54) is 12.4 Å². The van der Waals surface area contributed by atoms with Gasteiger partial charge >= 0.3 is 12.2 Å². The maximum absolute atomic E-state index is 14.6. The summed E-state index contributed by atoms with van der Waals surface area (Å²) in [6.45, 7) is 1.90. The maximum atomic E-state index is 14.6. The molecule has 14 heteroatoms. The molecule has 4 nitrogen and oxygen atoms in total. The topological polar surface area (TPSA) is 44.2 Å². The molecular weight excluding hydrogens is 526 g/mol. The number of nitrogens with zero attached hydrogens (tertiary/aromatic N) is 2. The Balaban J connectivity index is 1.89. The van der Waals surface area contributed by atoms with Gasteiger partial charge in [-0.3, -0.25) is 0 Å². The summed E-state index contributed by atoms with van der Waals surface area (Å²) in [5.74, 6) is -11.2. The van der Waals surface area contributed by atoms with E-state index in [0.29, 0.717) is 18.6 Å². The van der Waals surface area contributed by atoms with Crippen LogP contribution in [0.2, 0.25) is 0 Å². The van der Waals surface area contributed by atoms with E-state index in [4.69, 9.17) is 0 Å². The first kappa shape index (κ1) is 27.7. The van der Waals surface area contributed by atoms with Crippen LogP contribution >= 0.6 is 0 Å². The Morgan fingerprint density at radius 2 is 1.38 bits per heavy atom. The second-order valence-electron chi connectivity index (χ2n) is 7.41. The van der Waals surface area contributed by atoms with Crippen molar-refractivity contribution in [2.24, 2.45) is 0 Å². The molecule has 0 bridgehead atoms. The summed E-state index contributed by atoms with van der Waals surface area (Å²) in [5.41, 5.74) is -1.50. The third-order valence-corrected chi connectivity index (χ3v) is 4.57. The van der Waals surface area contributed by atoms with Gasteiger partial charge in [0.2, 0.25) is 0 Å². The Kier molecular flexibility index (Phi) is 7.98. The van der Waals surface area contributed by atoms with Gasteiger partial charge in [0.15, 0.2) is 23.2 Å². The van der Waals surface area contributed by atoms with E-state index in [-0.39, 0.29) is 23.5 Å². The molecule has 3 aromatic rings. The van der Waals surface area contributed by atoms with Crippen LogP contribution in [0.3, 0.4) is 0 Å². The summed E-state index contributed by atoms with van der Waals surface area (Å²) in [4.78, 5) is 7.84. The first-order chi connectivity index (χ1) is 17.2. The summed E-state index contributed by atoms with van der Waals surface area (Å²) < 4.78 is 144. The number of aryl methyl sites for hydroxylation is 1. The van der Waals surface area contributed by atoms with Gasteiger partial charge in [-0.2, -0.15) is 26.3 Å². The minimum absolute atomic E-state index is 0.0756. The smallest absolute Gasteiger partial charge is 0.429 e. The predicted octanol–water partition coefficient (Wildman–Crippen LogP) is 7.53. The van der Waals surface area contributed by atoms with E-state index >= 15 is 0 Å². The van der Waals surface area contributed by atoms with Crippen LogP contribution in [0.5, 0.6) is 11.5 Å². The molecule has 3 rings (SSSR count). The van der Waals surface area contributed by atoms with Crippen molar-refractivity contribution in [1.29, 1.82) is 0 Å². The summed E-state index contributed by atoms with van der Waals surface area (Å²) in [7, 11) is 0. The minimum Gasteiger partial charge on any atom is -0.429 e. The number of ether oxygens (including phenoxy) is 2. The molecule has 0 saturated heterocycles. The quantitative estimate of drug-likeness (QED) is 0.263. The molecule has 0 amide bonds. The van der Waals surface area contributed by atoms with Gasteiger partial charge in [0.05, 0.1) is 6.08 Å². The Bertz CT molecular complexity index is 1260. The second kappa shape index (κ2) is 10.6. The van der Waals surface area contributed by atoms with Crippen molar-refractivity contribution in [2.45, 2.75) is 32.0 Å². The highest BCUT2D eigenvalue weighted by molar-refractivity contribution is 5.56. The van der Waals surface area contributed by atoms with Crippen molar-refractivity contribution in [3.63, 3.8) is 0 Å². The molecule has 0 aliphatic carbocycles. The molecule has 0 aliphatic heterocycles. The molecule has 0 N–H and O–H groups in total. The molecule has 0 fully saturated rings. The van der Waals surface area contributed by atoms with Crippen molar-refractivity contribution < 1.29 is 53.4 Å². The predicted molar refractivity (Wildman–Crippen MR) is 108 cm³/mol. The fourth-order valence-electron chi connectivity index (χ4n) is 3.09. The lowest BCUT2D eigenvalue weighted by molar-refractivity contribution is -0.189. The van der Waals surface area contributed by atoms with E-state index in [1.54, 1.807) is 0 Å². The molecule has 1 aromatic heterocycles. The van der Waals surface area contributed by atoms with Crippen molar-refractivity contribution in [1.82, 2.24) is 9.97 Å². The van der Waals surface area contributed by atoms with Gasteiger partial charge in [-0.1, -0.05) is 13.3 Å². The number of halogens is 10. The molecule has 198 valence electrons. The Labute approximate surface area is 202 Å². The largest absolute Gasteiger partial charge is 0.432 e. The zero-order valence-electron chi connectivity index (χ0n) is 18.4. The highest BCUT2D eigenvalue weighted by Gasteiger charge is 2.42. The van der Waals surface area contributed by atoms with E-state index in [9.17, 15) is 43.9 Å². The van der Waals surface area contributed by atoms with Crippen molar-refractivity contribution in [2.75, 3.05) is 0 Å². The van der Waals surface area contributed by atoms with Crippen LogP contribution in [0, 0.1) is 23.3 Å². The fourth-order valence-corrected chi connectivity index (χ4v) is 3.09. The number of hydrogen-bond donors (Lipinski definition) is 0. The van der Waals surface area contributed by atoms with Crippen molar-refractivity contribution in [3.05, 3.63) is 83.2 Å². The van der Waals surface area contributed by atoms with Gasteiger partial charge in [0.1, 0.15) is 22.9 Å². The Morgan fingerprint density at radius 1 is 0.838 bits per heavy atom. The number of benzene rings is 2.